The number of carbonyl (C=O) groups excluding carboxylic acids is 1. The van der Waals surface area contributed by atoms with Crippen molar-refractivity contribution in [1.82, 2.24) is 0 Å². The average molecular weight is 302 g/mol. The zero-order chi connectivity index (χ0) is 16.9. The summed E-state index contributed by atoms with van der Waals surface area (Å²) in [7, 11) is 1.61. The summed E-state index contributed by atoms with van der Waals surface area (Å²) in [6.45, 7) is 17.3. The lowest BCUT2D eigenvalue weighted by Crippen LogP contribution is -2.45. The van der Waals surface area contributed by atoms with Crippen molar-refractivity contribution in [3.05, 3.63) is 0 Å². The Labute approximate surface area is 130 Å². The Balaban J connectivity index is 4.90. The van der Waals surface area contributed by atoms with E-state index in [2.05, 4.69) is 41.5 Å². The summed E-state index contributed by atoms with van der Waals surface area (Å²) in [5.41, 5.74) is -0.713. The molecule has 0 saturated heterocycles. The molecule has 4 nitrogen and oxygen atoms in total. The van der Waals surface area contributed by atoms with Gasteiger partial charge in [-0.05, 0) is 31.1 Å². The topological polar surface area (TPSA) is 44.8 Å². The lowest BCUT2D eigenvalue weighted by atomic mass is 9.61. The fourth-order valence-corrected chi connectivity index (χ4v) is 2.32. The van der Waals surface area contributed by atoms with Gasteiger partial charge in [-0.1, -0.05) is 41.5 Å². The maximum Gasteiger partial charge on any atom is 0.314 e. The summed E-state index contributed by atoms with van der Waals surface area (Å²) in [4.78, 5) is 12.7. The maximum absolute atomic E-state index is 12.7. The second-order valence-electron chi connectivity index (χ2n) is 8.16. The highest BCUT2D eigenvalue weighted by Crippen LogP contribution is 2.47. The minimum absolute atomic E-state index is 0.0429. The van der Waals surface area contributed by atoms with E-state index < -0.39 is 11.7 Å². The van der Waals surface area contributed by atoms with Gasteiger partial charge in [-0.2, -0.15) is 0 Å². The SMILES string of the molecule is COCCOC(C)OC(=O)C(C)(CC(C)(C)C)C(C)(C)C. The third-order valence-corrected chi connectivity index (χ3v) is 3.90. The van der Waals surface area contributed by atoms with Gasteiger partial charge in [-0.25, -0.2) is 0 Å². The Bertz CT molecular complexity index is 325. The fraction of sp³-hybridized carbons (Fsp3) is 0.941. The molecule has 0 fully saturated rings. The molecule has 0 rings (SSSR count). The first-order chi connectivity index (χ1) is 9.33. The quantitative estimate of drug-likeness (QED) is 0.405. The first-order valence-corrected chi connectivity index (χ1v) is 7.65. The van der Waals surface area contributed by atoms with E-state index in [9.17, 15) is 4.79 Å². The van der Waals surface area contributed by atoms with Crippen molar-refractivity contribution in [2.75, 3.05) is 20.3 Å². The van der Waals surface area contributed by atoms with Crippen LogP contribution in [0.3, 0.4) is 0 Å². The maximum atomic E-state index is 12.7. The van der Waals surface area contributed by atoms with Crippen molar-refractivity contribution in [3.8, 4) is 0 Å². The first kappa shape index (κ1) is 20.4. The summed E-state index contributed by atoms with van der Waals surface area (Å²) in [6, 6.07) is 0. The zero-order valence-electron chi connectivity index (χ0n) is 15.3. The Morgan fingerprint density at radius 1 is 1.00 bits per heavy atom. The van der Waals surface area contributed by atoms with Gasteiger partial charge < -0.3 is 14.2 Å². The fourth-order valence-electron chi connectivity index (χ4n) is 2.32. The highest BCUT2D eigenvalue weighted by Gasteiger charge is 2.48. The van der Waals surface area contributed by atoms with Crippen LogP contribution in [0.15, 0.2) is 0 Å². The van der Waals surface area contributed by atoms with Gasteiger partial charge in [0.2, 0.25) is 0 Å². The molecule has 0 saturated carbocycles. The standard InChI is InChI=1S/C17H34O4/c1-13(20-11-10-19-9)21-14(18)17(8,16(5,6)7)12-15(2,3)4/h13H,10-12H2,1-9H3. The van der Waals surface area contributed by atoms with Crippen LogP contribution < -0.4 is 0 Å². The minimum Gasteiger partial charge on any atom is -0.436 e. The van der Waals surface area contributed by atoms with Crippen molar-refractivity contribution >= 4 is 5.97 Å². The van der Waals surface area contributed by atoms with Crippen LogP contribution in [0.4, 0.5) is 0 Å². The summed E-state index contributed by atoms with van der Waals surface area (Å²) in [5, 5.41) is 0. The summed E-state index contributed by atoms with van der Waals surface area (Å²) in [6.07, 6.45) is 0.196. The van der Waals surface area contributed by atoms with Crippen LogP contribution in [-0.2, 0) is 19.0 Å². The molecular weight excluding hydrogens is 268 g/mol. The van der Waals surface area contributed by atoms with Gasteiger partial charge in [0.05, 0.1) is 18.6 Å². The molecule has 0 amide bonds. The number of esters is 1. The third kappa shape index (κ3) is 6.79. The van der Waals surface area contributed by atoms with Crippen LogP contribution in [0.25, 0.3) is 0 Å². The molecule has 0 aromatic carbocycles. The molecule has 0 radical (unpaired) electrons. The van der Waals surface area contributed by atoms with E-state index in [1.807, 2.05) is 6.92 Å². The van der Waals surface area contributed by atoms with Gasteiger partial charge in [0.15, 0.2) is 6.29 Å². The molecule has 0 aliphatic rings. The van der Waals surface area contributed by atoms with Crippen LogP contribution in [0.2, 0.25) is 0 Å². The minimum atomic E-state index is -0.565. The summed E-state index contributed by atoms with van der Waals surface area (Å²) < 4.78 is 15.9. The van der Waals surface area contributed by atoms with E-state index in [0.29, 0.717) is 13.2 Å². The van der Waals surface area contributed by atoms with E-state index in [1.165, 1.54) is 0 Å². The summed E-state index contributed by atoms with van der Waals surface area (Å²) in [5.74, 6) is -0.199. The molecule has 2 unspecified atom stereocenters. The molecule has 4 heteroatoms. The van der Waals surface area contributed by atoms with Crippen molar-refractivity contribution < 1.29 is 19.0 Å². The van der Waals surface area contributed by atoms with Crippen molar-refractivity contribution in [3.63, 3.8) is 0 Å². The number of ether oxygens (including phenoxy) is 3. The molecule has 21 heavy (non-hydrogen) atoms. The van der Waals surface area contributed by atoms with Crippen molar-refractivity contribution in [2.24, 2.45) is 16.2 Å². The smallest absolute Gasteiger partial charge is 0.314 e. The second kappa shape index (κ2) is 7.59. The molecule has 0 aromatic heterocycles. The molecular formula is C17H34O4. The Hall–Kier alpha value is -0.610. The van der Waals surface area contributed by atoms with Gasteiger partial charge in [0.1, 0.15) is 0 Å². The van der Waals surface area contributed by atoms with Gasteiger partial charge in [-0.3, -0.25) is 4.79 Å². The van der Waals surface area contributed by atoms with Gasteiger partial charge in [0.25, 0.3) is 0 Å². The third-order valence-electron chi connectivity index (χ3n) is 3.90. The van der Waals surface area contributed by atoms with E-state index in [0.717, 1.165) is 6.42 Å². The molecule has 0 aliphatic carbocycles. The second-order valence-corrected chi connectivity index (χ2v) is 8.16. The monoisotopic (exact) mass is 302 g/mol. The summed E-state index contributed by atoms with van der Waals surface area (Å²) >= 11 is 0. The Morgan fingerprint density at radius 3 is 1.90 bits per heavy atom. The molecule has 0 heterocycles. The van der Waals surface area contributed by atoms with E-state index in [1.54, 1.807) is 14.0 Å². The normalized spacial score (nSPS) is 17.2. The van der Waals surface area contributed by atoms with Crippen LogP contribution >= 0.6 is 0 Å². The van der Waals surface area contributed by atoms with E-state index in [4.69, 9.17) is 14.2 Å². The predicted octanol–water partition coefficient (Wildman–Crippen LogP) is 4.03. The first-order valence-electron chi connectivity index (χ1n) is 7.65. The molecule has 0 bridgehead atoms. The largest absolute Gasteiger partial charge is 0.436 e. The van der Waals surface area contributed by atoms with Crippen molar-refractivity contribution in [2.45, 2.75) is 68.1 Å². The lowest BCUT2D eigenvalue weighted by molar-refractivity contribution is -0.195. The van der Waals surface area contributed by atoms with Gasteiger partial charge >= 0.3 is 5.97 Å². The average Bonchev–Trinajstić information content (AvgIpc) is 2.25. The Morgan fingerprint density at radius 2 is 1.52 bits per heavy atom. The van der Waals surface area contributed by atoms with E-state index >= 15 is 0 Å². The molecule has 0 spiro atoms. The number of hydrogen-bond acceptors (Lipinski definition) is 4. The van der Waals surface area contributed by atoms with Crippen LogP contribution in [-0.4, -0.2) is 32.6 Å². The number of rotatable bonds is 7. The highest BCUT2D eigenvalue weighted by molar-refractivity contribution is 5.77. The number of methoxy groups -OCH3 is 1. The predicted molar refractivity (Wildman–Crippen MR) is 85.0 cm³/mol. The molecule has 0 aliphatic heterocycles. The van der Waals surface area contributed by atoms with Gasteiger partial charge in [-0.15, -0.1) is 0 Å². The molecule has 2 atom stereocenters. The molecule has 126 valence electrons. The molecule has 0 aromatic rings. The Kier molecular flexibility index (Phi) is 7.37. The molecule has 0 N–H and O–H groups in total. The van der Waals surface area contributed by atoms with Crippen LogP contribution in [0.5, 0.6) is 0 Å². The van der Waals surface area contributed by atoms with Gasteiger partial charge in [0, 0.05) is 7.11 Å². The van der Waals surface area contributed by atoms with E-state index in [-0.39, 0.29) is 16.8 Å². The number of hydrogen-bond donors (Lipinski definition) is 0. The van der Waals surface area contributed by atoms with Crippen molar-refractivity contribution in [1.29, 1.82) is 0 Å². The number of carbonyl (C=O) groups is 1. The lowest BCUT2D eigenvalue weighted by Gasteiger charge is -2.43. The highest BCUT2D eigenvalue weighted by atomic mass is 16.7. The van der Waals surface area contributed by atoms with Crippen LogP contribution in [0.1, 0.15) is 61.8 Å². The van der Waals surface area contributed by atoms with Crippen LogP contribution in [0, 0.1) is 16.2 Å². The zero-order valence-corrected chi connectivity index (χ0v) is 15.3.